The zero-order valence-corrected chi connectivity index (χ0v) is 14.1. The molecule has 0 aliphatic heterocycles. The van der Waals surface area contributed by atoms with E-state index in [0.717, 1.165) is 22.5 Å². The van der Waals surface area contributed by atoms with E-state index in [9.17, 15) is 0 Å². The molecule has 2 aromatic carbocycles. The zero-order valence-electron chi connectivity index (χ0n) is 13.2. The van der Waals surface area contributed by atoms with Crippen molar-refractivity contribution < 1.29 is 4.74 Å². The quantitative estimate of drug-likeness (QED) is 0.545. The fraction of sp³-hybridized carbons (Fsp3) is 0.222. The zero-order chi connectivity index (χ0) is 16.1. The molecule has 0 spiro atoms. The maximum absolute atomic E-state index is 5.80. The van der Waals surface area contributed by atoms with Gasteiger partial charge in [-0.15, -0.1) is 11.8 Å². The van der Waals surface area contributed by atoms with E-state index in [1.54, 1.807) is 18.1 Å². The lowest BCUT2D eigenvalue weighted by Crippen LogP contribution is -2.12. The van der Waals surface area contributed by atoms with E-state index in [4.69, 9.17) is 4.74 Å². The van der Waals surface area contributed by atoms with E-state index in [1.807, 2.05) is 30.3 Å². The molecular weight excluding hydrogens is 306 g/mol. The summed E-state index contributed by atoms with van der Waals surface area (Å²) in [4.78, 5) is 9.85. The van der Waals surface area contributed by atoms with Crippen LogP contribution in [0.2, 0.25) is 0 Å². The average molecular weight is 325 g/mol. The Morgan fingerprint density at radius 2 is 2.00 bits per heavy atom. The molecule has 0 unspecified atom stereocenters. The molecule has 0 saturated carbocycles. The predicted molar refractivity (Wildman–Crippen MR) is 96.5 cm³/mol. The summed E-state index contributed by atoms with van der Waals surface area (Å²) < 4.78 is 5.80. The number of hydrogen-bond acceptors (Lipinski definition) is 5. The minimum absolute atomic E-state index is 0.580. The minimum Gasteiger partial charge on any atom is -0.492 e. The van der Waals surface area contributed by atoms with Crippen LogP contribution in [0.3, 0.4) is 0 Å². The molecule has 4 nitrogen and oxygen atoms in total. The van der Waals surface area contributed by atoms with Crippen LogP contribution in [0.4, 0.5) is 5.82 Å². The SMILES string of the molecule is CSc1ccc(OCCNc2ncnc3ccccc23)cc1C. The molecule has 1 heterocycles. The number of nitrogens with one attached hydrogen (secondary N) is 1. The molecule has 0 saturated heterocycles. The van der Waals surface area contributed by atoms with Gasteiger partial charge in [-0.3, -0.25) is 0 Å². The summed E-state index contributed by atoms with van der Waals surface area (Å²) in [7, 11) is 0. The third-order valence-corrected chi connectivity index (χ3v) is 4.47. The number of ether oxygens (including phenoxy) is 1. The number of aryl methyl sites for hydroxylation is 1. The highest BCUT2D eigenvalue weighted by Gasteiger charge is 2.03. The molecule has 0 fully saturated rings. The van der Waals surface area contributed by atoms with Gasteiger partial charge in [0.15, 0.2) is 0 Å². The Bertz CT molecular complexity index is 802. The molecular formula is C18H19N3OS. The fourth-order valence-corrected chi connectivity index (χ4v) is 3.01. The molecule has 1 aromatic heterocycles. The third kappa shape index (κ3) is 3.74. The molecule has 5 heteroatoms. The Kier molecular flexibility index (Phi) is 4.98. The Balaban J connectivity index is 1.58. The van der Waals surface area contributed by atoms with E-state index >= 15 is 0 Å². The Morgan fingerprint density at radius 1 is 1.13 bits per heavy atom. The van der Waals surface area contributed by atoms with Crippen LogP contribution in [0.5, 0.6) is 5.75 Å². The second-order valence-corrected chi connectivity index (χ2v) is 5.99. The minimum atomic E-state index is 0.580. The van der Waals surface area contributed by atoms with Gasteiger partial charge in [0, 0.05) is 10.3 Å². The molecule has 0 aliphatic rings. The molecule has 3 rings (SSSR count). The van der Waals surface area contributed by atoms with E-state index < -0.39 is 0 Å². The number of aromatic nitrogens is 2. The smallest absolute Gasteiger partial charge is 0.137 e. The van der Waals surface area contributed by atoms with Crippen molar-refractivity contribution in [3.8, 4) is 5.75 Å². The Labute approximate surface area is 140 Å². The van der Waals surface area contributed by atoms with Crippen molar-refractivity contribution in [2.75, 3.05) is 24.7 Å². The van der Waals surface area contributed by atoms with E-state index in [2.05, 4.69) is 40.6 Å². The standard InChI is InChI=1S/C18H19N3OS/c1-13-11-14(7-8-17(13)23-2)22-10-9-19-18-15-5-3-4-6-16(15)20-12-21-18/h3-8,11-12H,9-10H2,1-2H3,(H,19,20,21). The molecule has 0 atom stereocenters. The van der Waals surface area contributed by atoms with Gasteiger partial charge in [0.1, 0.15) is 24.5 Å². The molecule has 118 valence electrons. The van der Waals surface area contributed by atoms with Gasteiger partial charge in [-0.05, 0) is 49.1 Å². The number of benzene rings is 2. The van der Waals surface area contributed by atoms with Crippen LogP contribution in [-0.4, -0.2) is 29.4 Å². The Hall–Kier alpha value is -2.27. The van der Waals surface area contributed by atoms with Crippen LogP contribution in [0, 0.1) is 6.92 Å². The maximum atomic E-state index is 5.80. The topological polar surface area (TPSA) is 47.0 Å². The van der Waals surface area contributed by atoms with Crippen molar-refractivity contribution in [2.45, 2.75) is 11.8 Å². The van der Waals surface area contributed by atoms with Crippen molar-refractivity contribution in [3.63, 3.8) is 0 Å². The molecule has 0 radical (unpaired) electrons. The molecule has 3 aromatic rings. The molecule has 1 N–H and O–H groups in total. The Morgan fingerprint density at radius 3 is 2.83 bits per heavy atom. The number of hydrogen-bond donors (Lipinski definition) is 1. The first-order valence-corrected chi connectivity index (χ1v) is 8.71. The first-order chi connectivity index (χ1) is 11.3. The van der Waals surface area contributed by atoms with Gasteiger partial charge < -0.3 is 10.1 Å². The van der Waals surface area contributed by atoms with E-state index in [-0.39, 0.29) is 0 Å². The van der Waals surface area contributed by atoms with Crippen molar-refractivity contribution in [3.05, 3.63) is 54.4 Å². The van der Waals surface area contributed by atoms with Gasteiger partial charge >= 0.3 is 0 Å². The van der Waals surface area contributed by atoms with E-state index in [0.29, 0.717) is 13.2 Å². The highest BCUT2D eigenvalue weighted by molar-refractivity contribution is 7.98. The second-order valence-electron chi connectivity index (χ2n) is 5.15. The molecule has 0 amide bonds. The summed E-state index contributed by atoms with van der Waals surface area (Å²) in [6.07, 6.45) is 3.66. The summed E-state index contributed by atoms with van der Waals surface area (Å²) in [6, 6.07) is 14.1. The fourth-order valence-electron chi connectivity index (χ4n) is 2.42. The van der Waals surface area contributed by atoms with Crippen molar-refractivity contribution in [1.82, 2.24) is 9.97 Å². The summed E-state index contributed by atoms with van der Waals surface area (Å²) in [6.45, 7) is 3.37. The maximum Gasteiger partial charge on any atom is 0.137 e. The average Bonchev–Trinajstić information content (AvgIpc) is 2.59. The van der Waals surface area contributed by atoms with Gasteiger partial charge in [0.2, 0.25) is 0 Å². The van der Waals surface area contributed by atoms with Gasteiger partial charge in [0.25, 0.3) is 0 Å². The third-order valence-electron chi connectivity index (χ3n) is 3.57. The van der Waals surface area contributed by atoms with Crippen LogP contribution in [0.1, 0.15) is 5.56 Å². The first kappa shape index (κ1) is 15.6. The summed E-state index contributed by atoms with van der Waals surface area (Å²) >= 11 is 1.75. The van der Waals surface area contributed by atoms with Crippen molar-refractivity contribution in [1.29, 1.82) is 0 Å². The largest absolute Gasteiger partial charge is 0.492 e. The van der Waals surface area contributed by atoms with Crippen LogP contribution in [-0.2, 0) is 0 Å². The second kappa shape index (κ2) is 7.33. The summed E-state index contributed by atoms with van der Waals surface area (Å²) in [5.41, 5.74) is 2.18. The summed E-state index contributed by atoms with van der Waals surface area (Å²) in [5, 5.41) is 4.34. The number of rotatable bonds is 6. The van der Waals surface area contributed by atoms with Gasteiger partial charge in [-0.25, -0.2) is 9.97 Å². The normalized spacial score (nSPS) is 10.7. The molecule has 0 aliphatic carbocycles. The predicted octanol–water partition coefficient (Wildman–Crippen LogP) is 4.15. The lowest BCUT2D eigenvalue weighted by Gasteiger charge is -2.11. The number of fused-ring (bicyclic) bond motifs is 1. The highest BCUT2D eigenvalue weighted by Crippen LogP contribution is 2.24. The van der Waals surface area contributed by atoms with Crippen molar-refractivity contribution >= 4 is 28.5 Å². The van der Waals surface area contributed by atoms with Gasteiger partial charge in [0.05, 0.1) is 12.1 Å². The molecule has 0 bridgehead atoms. The van der Waals surface area contributed by atoms with Crippen LogP contribution >= 0.6 is 11.8 Å². The summed E-state index contributed by atoms with van der Waals surface area (Å²) in [5.74, 6) is 1.74. The van der Waals surface area contributed by atoms with Crippen molar-refractivity contribution in [2.24, 2.45) is 0 Å². The van der Waals surface area contributed by atoms with Gasteiger partial charge in [-0.1, -0.05) is 12.1 Å². The number of anilines is 1. The van der Waals surface area contributed by atoms with E-state index in [1.165, 1.54) is 10.5 Å². The highest BCUT2D eigenvalue weighted by atomic mass is 32.2. The number of thioether (sulfide) groups is 1. The monoisotopic (exact) mass is 325 g/mol. The van der Waals surface area contributed by atoms with Gasteiger partial charge in [-0.2, -0.15) is 0 Å². The van der Waals surface area contributed by atoms with Crippen LogP contribution < -0.4 is 10.1 Å². The lowest BCUT2D eigenvalue weighted by molar-refractivity contribution is 0.332. The van der Waals surface area contributed by atoms with Crippen LogP contribution in [0.15, 0.2) is 53.7 Å². The van der Waals surface area contributed by atoms with Crippen LogP contribution in [0.25, 0.3) is 10.9 Å². The number of para-hydroxylation sites is 1. The lowest BCUT2D eigenvalue weighted by atomic mass is 10.2. The first-order valence-electron chi connectivity index (χ1n) is 7.49. The molecule has 23 heavy (non-hydrogen) atoms. The number of nitrogens with zero attached hydrogens (tertiary/aromatic N) is 2.